The number of aliphatic hydroxyl groups excluding tert-OH is 1. The quantitative estimate of drug-likeness (QED) is 0.340. The number of nitrogens with zero attached hydrogens (tertiary/aromatic N) is 1. The Kier molecular flexibility index (Phi) is 7.66. The highest BCUT2D eigenvalue weighted by Gasteiger charge is 2.09. The lowest BCUT2D eigenvalue weighted by molar-refractivity contribution is 0.0366. The molecule has 0 aromatic heterocycles. The molecule has 0 saturated carbocycles. The minimum absolute atomic E-state index is 0.257. The Morgan fingerprint density at radius 1 is 1.33 bits per heavy atom. The van der Waals surface area contributed by atoms with Gasteiger partial charge in [0.15, 0.2) is 0 Å². The molecule has 1 aliphatic rings. The number of nitrogens with one attached hydrogen (secondary N) is 2. The summed E-state index contributed by atoms with van der Waals surface area (Å²) in [6, 6.07) is 0. The van der Waals surface area contributed by atoms with Crippen LogP contribution in [0.3, 0.4) is 0 Å². The summed E-state index contributed by atoms with van der Waals surface area (Å²) in [7, 11) is 0. The van der Waals surface area contributed by atoms with Crippen LogP contribution >= 0.6 is 0 Å². The number of carbonyl (C=O) groups is 1. The second-order valence-electron chi connectivity index (χ2n) is 4.30. The van der Waals surface area contributed by atoms with Crippen LogP contribution in [-0.4, -0.2) is 73.4 Å². The fourth-order valence-corrected chi connectivity index (χ4v) is 1.81. The highest BCUT2D eigenvalue weighted by atomic mass is 16.5. The van der Waals surface area contributed by atoms with Gasteiger partial charge in [-0.2, -0.15) is 0 Å². The summed E-state index contributed by atoms with van der Waals surface area (Å²) in [5, 5.41) is 23.1. The molecular formula is C11H23N3O4. The molecule has 0 aromatic rings. The number of morpholine rings is 1. The van der Waals surface area contributed by atoms with Gasteiger partial charge in [0.2, 0.25) is 0 Å². The van der Waals surface area contributed by atoms with E-state index in [9.17, 15) is 9.90 Å². The van der Waals surface area contributed by atoms with E-state index < -0.39 is 12.3 Å². The third-order valence-corrected chi connectivity index (χ3v) is 2.83. The van der Waals surface area contributed by atoms with Crippen molar-refractivity contribution >= 4 is 6.09 Å². The lowest BCUT2D eigenvalue weighted by atomic mass is 10.3. The zero-order valence-corrected chi connectivity index (χ0v) is 10.6. The summed E-state index contributed by atoms with van der Waals surface area (Å²) in [6.45, 7) is 5.54. The van der Waals surface area contributed by atoms with Gasteiger partial charge >= 0.3 is 6.09 Å². The van der Waals surface area contributed by atoms with Crippen LogP contribution in [0, 0.1) is 0 Å². The molecule has 1 heterocycles. The second-order valence-corrected chi connectivity index (χ2v) is 4.30. The largest absolute Gasteiger partial charge is 0.465 e. The van der Waals surface area contributed by atoms with E-state index in [1.807, 2.05) is 0 Å². The summed E-state index contributed by atoms with van der Waals surface area (Å²) >= 11 is 0. The Bertz CT molecular complexity index is 234. The van der Waals surface area contributed by atoms with Crippen molar-refractivity contribution < 1.29 is 19.7 Å². The number of ether oxygens (including phenoxy) is 1. The summed E-state index contributed by atoms with van der Waals surface area (Å²) in [4.78, 5) is 12.5. The zero-order valence-electron chi connectivity index (χ0n) is 10.6. The molecule has 4 N–H and O–H groups in total. The van der Waals surface area contributed by atoms with Crippen LogP contribution < -0.4 is 10.6 Å². The van der Waals surface area contributed by atoms with Crippen LogP contribution in [0.5, 0.6) is 0 Å². The molecule has 1 amide bonds. The summed E-state index contributed by atoms with van der Waals surface area (Å²) in [6.07, 6.45) is -0.371. The average molecular weight is 261 g/mol. The summed E-state index contributed by atoms with van der Waals surface area (Å²) in [5.41, 5.74) is 0. The van der Waals surface area contributed by atoms with Gasteiger partial charge in [-0.15, -0.1) is 0 Å². The predicted molar refractivity (Wildman–Crippen MR) is 66.5 cm³/mol. The van der Waals surface area contributed by atoms with E-state index in [0.29, 0.717) is 6.42 Å². The van der Waals surface area contributed by atoms with Gasteiger partial charge < -0.3 is 20.3 Å². The third-order valence-electron chi connectivity index (χ3n) is 2.83. The van der Waals surface area contributed by atoms with Gasteiger partial charge in [-0.1, -0.05) is 0 Å². The number of hydrogen-bond acceptors (Lipinski definition) is 5. The molecule has 0 radical (unpaired) electrons. The van der Waals surface area contributed by atoms with Crippen molar-refractivity contribution in [1.82, 2.24) is 15.5 Å². The van der Waals surface area contributed by atoms with Gasteiger partial charge in [-0.25, -0.2) is 4.79 Å². The SMILES string of the molecule is O=C(O)NCCC(O)NCCCN1CCOCC1. The third kappa shape index (κ3) is 7.44. The van der Waals surface area contributed by atoms with E-state index in [4.69, 9.17) is 9.84 Å². The highest BCUT2D eigenvalue weighted by molar-refractivity contribution is 5.64. The Balaban J connectivity index is 1.91. The molecule has 0 aliphatic carbocycles. The first-order valence-corrected chi connectivity index (χ1v) is 6.37. The van der Waals surface area contributed by atoms with Gasteiger partial charge in [-0.3, -0.25) is 10.2 Å². The molecular weight excluding hydrogens is 238 g/mol. The van der Waals surface area contributed by atoms with Crippen LogP contribution in [0.25, 0.3) is 0 Å². The Morgan fingerprint density at radius 3 is 2.72 bits per heavy atom. The van der Waals surface area contributed by atoms with Crippen molar-refractivity contribution in [3.8, 4) is 0 Å². The van der Waals surface area contributed by atoms with Gasteiger partial charge in [0.05, 0.1) is 13.2 Å². The lowest BCUT2D eigenvalue weighted by Gasteiger charge is -2.26. The zero-order chi connectivity index (χ0) is 13.2. The number of hydrogen-bond donors (Lipinski definition) is 4. The van der Waals surface area contributed by atoms with E-state index in [1.165, 1.54) is 0 Å². The fourth-order valence-electron chi connectivity index (χ4n) is 1.81. The van der Waals surface area contributed by atoms with E-state index in [0.717, 1.165) is 45.8 Å². The normalized spacial score (nSPS) is 18.5. The van der Waals surface area contributed by atoms with Crippen LogP contribution in [0.1, 0.15) is 12.8 Å². The number of carboxylic acid groups (broad SMARTS) is 1. The molecule has 7 nitrogen and oxygen atoms in total. The van der Waals surface area contributed by atoms with Gasteiger partial charge in [0.25, 0.3) is 0 Å². The van der Waals surface area contributed by atoms with Gasteiger partial charge in [-0.05, 0) is 19.5 Å². The molecule has 1 fully saturated rings. The van der Waals surface area contributed by atoms with Crippen molar-refractivity contribution in [3.05, 3.63) is 0 Å². The minimum atomic E-state index is -1.06. The smallest absolute Gasteiger partial charge is 0.404 e. The van der Waals surface area contributed by atoms with Gasteiger partial charge in [0.1, 0.15) is 6.23 Å². The maximum Gasteiger partial charge on any atom is 0.404 e. The van der Waals surface area contributed by atoms with Crippen LogP contribution in [0.4, 0.5) is 4.79 Å². The van der Waals surface area contributed by atoms with Crippen molar-refractivity contribution in [3.63, 3.8) is 0 Å². The first-order valence-electron chi connectivity index (χ1n) is 6.37. The summed E-state index contributed by atoms with van der Waals surface area (Å²) < 4.78 is 5.26. The molecule has 1 saturated heterocycles. The minimum Gasteiger partial charge on any atom is -0.465 e. The number of aliphatic hydroxyl groups is 1. The predicted octanol–water partition coefficient (Wildman–Crippen LogP) is -0.726. The molecule has 1 unspecified atom stereocenters. The van der Waals surface area contributed by atoms with E-state index in [1.54, 1.807) is 0 Å². The van der Waals surface area contributed by atoms with Crippen molar-refractivity contribution in [1.29, 1.82) is 0 Å². The molecule has 0 spiro atoms. The molecule has 106 valence electrons. The van der Waals surface area contributed by atoms with E-state index >= 15 is 0 Å². The van der Waals surface area contributed by atoms with Crippen LogP contribution in [0.2, 0.25) is 0 Å². The average Bonchev–Trinajstić information content (AvgIpc) is 2.35. The molecule has 0 aromatic carbocycles. The summed E-state index contributed by atoms with van der Waals surface area (Å²) in [5.74, 6) is 0. The fraction of sp³-hybridized carbons (Fsp3) is 0.909. The number of amides is 1. The van der Waals surface area contributed by atoms with E-state index in [-0.39, 0.29) is 6.54 Å². The Labute approximate surface area is 107 Å². The lowest BCUT2D eigenvalue weighted by Crippen LogP contribution is -2.39. The molecule has 1 atom stereocenters. The topological polar surface area (TPSA) is 94.1 Å². The molecule has 1 rings (SSSR count). The first kappa shape index (κ1) is 15.2. The Morgan fingerprint density at radius 2 is 2.06 bits per heavy atom. The van der Waals surface area contributed by atoms with Crippen molar-refractivity contribution in [2.75, 3.05) is 45.9 Å². The molecule has 0 bridgehead atoms. The van der Waals surface area contributed by atoms with Crippen molar-refractivity contribution in [2.45, 2.75) is 19.1 Å². The molecule has 1 aliphatic heterocycles. The molecule has 7 heteroatoms. The van der Waals surface area contributed by atoms with E-state index in [2.05, 4.69) is 15.5 Å². The maximum absolute atomic E-state index is 10.2. The van der Waals surface area contributed by atoms with Crippen LogP contribution in [0.15, 0.2) is 0 Å². The first-order chi connectivity index (χ1) is 8.68. The van der Waals surface area contributed by atoms with Gasteiger partial charge in [0, 0.05) is 26.1 Å². The standard InChI is InChI=1S/C11H23N3O4/c15-10(2-4-13-11(16)17)12-3-1-5-14-6-8-18-9-7-14/h10,12-13,15H,1-9H2,(H,16,17). The monoisotopic (exact) mass is 261 g/mol. The maximum atomic E-state index is 10.2. The second kappa shape index (κ2) is 9.09. The molecule has 18 heavy (non-hydrogen) atoms. The van der Waals surface area contributed by atoms with Crippen molar-refractivity contribution in [2.24, 2.45) is 0 Å². The Hall–Kier alpha value is -0.890. The van der Waals surface area contributed by atoms with Crippen LogP contribution in [-0.2, 0) is 4.74 Å². The highest BCUT2D eigenvalue weighted by Crippen LogP contribution is 1.97. The number of rotatable bonds is 8.